The van der Waals surface area contributed by atoms with Gasteiger partial charge in [0.05, 0.1) is 17.5 Å². The summed E-state index contributed by atoms with van der Waals surface area (Å²) in [6.45, 7) is 6.65. The fourth-order valence-corrected chi connectivity index (χ4v) is 6.01. The molecule has 3 amide bonds. The Balaban J connectivity index is 0.000000275. The first kappa shape index (κ1) is 27.9. The number of aryl methyl sites for hydroxylation is 1. The van der Waals surface area contributed by atoms with Crippen LogP contribution in [0.25, 0.3) is 0 Å². The lowest BCUT2D eigenvalue weighted by atomic mass is 9.98. The maximum absolute atomic E-state index is 12.4. The van der Waals surface area contributed by atoms with Crippen LogP contribution in [0.3, 0.4) is 0 Å². The van der Waals surface area contributed by atoms with E-state index in [0.29, 0.717) is 24.9 Å². The van der Waals surface area contributed by atoms with Crippen molar-refractivity contribution in [3.8, 4) is 6.07 Å². The van der Waals surface area contributed by atoms with Gasteiger partial charge in [0, 0.05) is 39.3 Å². The summed E-state index contributed by atoms with van der Waals surface area (Å²) in [4.78, 5) is 29.8. The van der Waals surface area contributed by atoms with Crippen LogP contribution in [-0.4, -0.2) is 91.5 Å². The number of nitrogens with zero attached hydrogens (tertiary/aromatic N) is 4. The molecule has 2 aliphatic heterocycles. The molecule has 1 unspecified atom stereocenters. The maximum Gasteiger partial charge on any atom is 0.319 e. The predicted octanol–water partition coefficient (Wildman–Crippen LogP) is 2.11. The number of fused-ring (bicyclic) bond motifs is 1. The fourth-order valence-electron chi connectivity index (χ4n) is 5.53. The Bertz CT molecular complexity index is 1080. The molecule has 3 fully saturated rings. The molecule has 0 bridgehead atoms. The number of rotatable bonds is 4. The monoisotopic (exact) mass is 519 g/mol. The zero-order valence-corrected chi connectivity index (χ0v) is 22.3. The van der Waals surface area contributed by atoms with E-state index < -0.39 is 10.1 Å². The smallest absolute Gasteiger partial charge is 0.319 e. The second kappa shape index (κ2) is 11.2. The lowest BCUT2D eigenvalue weighted by Crippen LogP contribution is -2.48. The molecule has 1 aromatic carbocycles. The third kappa shape index (κ3) is 6.75. The van der Waals surface area contributed by atoms with Gasteiger partial charge in [0.15, 0.2) is 0 Å². The minimum absolute atomic E-state index is 0.0340. The fraction of sp³-hybridized carbons (Fsp3) is 0.640. The van der Waals surface area contributed by atoms with Crippen molar-refractivity contribution < 1.29 is 22.6 Å². The van der Waals surface area contributed by atoms with Crippen LogP contribution in [0.1, 0.15) is 38.2 Å². The number of carbonyl (C=O) groups excluding carboxylic acids is 2. The average Bonchev–Trinajstić information content (AvgIpc) is 3.50. The molecule has 1 aromatic rings. The summed E-state index contributed by atoms with van der Waals surface area (Å²) in [7, 11) is -0.435. The minimum atomic E-state index is -4.02. The minimum Gasteiger partial charge on any atom is -0.331 e. The van der Waals surface area contributed by atoms with E-state index in [1.54, 1.807) is 36.0 Å². The van der Waals surface area contributed by atoms with Gasteiger partial charge in [-0.1, -0.05) is 17.7 Å². The van der Waals surface area contributed by atoms with E-state index in [9.17, 15) is 18.0 Å². The highest BCUT2D eigenvalue weighted by atomic mass is 32.2. The van der Waals surface area contributed by atoms with Gasteiger partial charge in [0.2, 0.25) is 5.91 Å². The van der Waals surface area contributed by atoms with Gasteiger partial charge < -0.3 is 20.0 Å². The molecule has 11 heteroatoms. The normalized spacial score (nSPS) is 27.2. The molecule has 0 aromatic heterocycles. The number of nitrogens with one attached hydrogen (secondary N) is 1. The second-order valence-electron chi connectivity index (χ2n) is 10.6. The zero-order valence-electron chi connectivity index (χ0n) is 21.5. The molecule has 10 nitrogen and oxygen atoms in total. The molecule has 4 rings (SSSR count). The number of amides is 3. The van der Waals surface area contributed by atoms with E-state index in [0.717, 1.165) is 44.3 Å². The van der Waals surface area contributed by atoms with Gasteiger partial charge in [0.1, 0.15) is 6.04 Å². The number of nitriles is 1. The van der Waals surface area contributed by atoms with Crippen molar-refractivity contribution in [2.24, 2.45) is 11.8 Å². The molecule has 1 aliphatic carbocycles. The third-order valence-electron chi connectivity index (χ3n) is 7.36. The summed E-state index contributed by atoms with van der Waals surface area (Å²) < 4.78 is 29.6. The third-order valence-corrected chi connectivity index (χ3v) is 8.23. The van der Waals surface area contributed by atoms with Crippen LogP contribution in [0.5, 0.6) is 0 Å². The number of hydrogen-bond donors (Lipinski definition) is 2. The Kier molecular flexibility index (Phi) is 8.64. The van der Waals surface area contributed by atoms with Crippen LogP contribution in [-0.2, 0) is 14.9 Å². The Morgan fingerprint density at radius 3 is 2.28 bits per heavy atom. The molecule has 0 radical (unpaired) electrons. The first-order valence-electron chi connectivity index (χ1n) is 12.3. The van der Waals surface area contributed by atoms with Gasteiger partial charge in [0.25, 0.3) is 10.1 Å². The van der Waals surface area contributed by atoms with E-state index in [2.05, 4.69) is 18.3 Å². The van der Waals surface area contributed by atoms with Crippen molar-refractivity contribution in [1.82, 2.24) is 20.0 Å². The topological polar surface area (TPSA) is 134 Å². The van der Waals surface area contributed by atoms with E-state index in [-0.39, 0.29) is 28.4 Å². The summed E-state index contributed by atoms with van der Waals surface area (Å²) in [5.41, 5.74) is 0.900. The molecular weight excluding hydrogens is 482 g/mol. The van der Waals surface area contributed by atoms with Crippen molar-refractivity contribution in [2.75, 3.05) is 40.3 Å². The molecule has 0 spiro atoms. The van der Waals surface area contributed by atoms with Gasteiger partial charge in [-0.15, -0.1) is 0 Å². The maximum atomic E-state index is 12.4. The SMILES string of the molecule is CN(C)C(=O)N1C[C@@H]2CC(C)(NCC(=O)N3CCC[C@H]3C#N)C[C@@H]2C1.Cc1ccc(S(=O)(=O)O)cc1. The van der Waals surface area contributed by atoms with Crippen molar-refractivity contribution in [1.29, 1.82) is 5.26 Å². The molecule has 4 atom stereocenters. The Morgan fingerprint density at radius 2 is 1.78 bits per heavy atom. The molecule has 36 heavy (non-hydrogen) atoms. The number of carbonyl (C=O) groups is 2. The quantitative estimate of drug-likeness (QED) is 0.582. The highest BCUT2D eigenvalue weighted by molar-refractivity contribution is 7.85. The highest BCUT2D eigenvalue weighted by Gasteiger charge is 2.48. The molecule has 1 saturated carbocycles. The van der Waals surface area contributed by atoms with E-state index >= 15 is 0 Å². The number of hydrogen-bond acceptors (Lipinski definition) is 6. The van der Waals surface area contributed by atoms with Gasteiger partial charge >= 0.3 is 6.03 Å². The molecule has 2 heterocycles. The molecular formula is C25H37N5O5S. The van der Waals surface area contributed by atoms with Crippen LogP contribution >= 0.6 is 0 Å². The summed E-state index contributed by atoms with van der Waals surface area (Å²) in [6, 6.07) is 8.05. The van der Waals surface area contributed by atoms with Crippen molar-refractivity contribution >= 4 is 22.1 Å². The first-order chi connectivity index (χ1) is 16.8. The highest BCUT2D eigenvalue weighted by Crippen LogP contribution is 2.43. The number of likely N-dealkylation sites (tertiary alicyclic amines) is 2. The summed E-state index contributed by atoms with van der Waals surface area (Å²) in [6.07, 6.45) is 3.69. The van der Waals surface area contributed by atoms with Crippen LogP contribution in [0.2, 0.25) is 0 Å². The Morgan fingerprint density at radius 1 is 1.19 bits per heavy atom. The van der Waals surface area contributed by atoms with Crippen LogP contribution in [0, 0.1) is 30.1 Å². The van der Waals surface area contributed by atoms with Gasteiger partial charge in [-0.3, -0.25) is 9.35 Å². The van der Waals surface area contributed by atoms with Crippen LogP contribution in [0.15, 0.2) is 29.2 Å². The van der Waals surface area contributed by atoms with E-state index in [1.807, 2.05) is 11.8 Å². The first-order valence-corrected chi connectivity index (χ1v) is 13.7. The second-order valence-corrected chi connectivity index (χ2v) is 12.0. The summed E-state index contributed by atoms with van der Waals surface area (Å²) in [5, 5.41) is 12.6. The molecule has 2 N–H and O–H groups in total. The summed E-state index contributed by atoms with van der Waals surface area (Å²) >= 11 is 0. The van der Waals surface area contributed by atoms with Crippen molar-refractivity contribution in [3.05, 3.63) is 29.8 Å². The lowest BCUT2D eigenvalue weighted by molar-refractivity contribution is -0.130. The van der Waals surface area contributed by atoms with E-state index in [4.69, 9.17) is 9.81 Å². The standard InChI is InChI=1S/C18H29N5O2.C7H8O3S/c1-18(20-10-16(24)23-6-4-5-15(23)9-19)7-13-11-22(12-14(13)8-18)17(25)21(2)3;1-6-2-4-7(5-3-6)11(8,9)10/h13-15,20H,4-8,10-12H2,1-3H3;2-5H,1H3,(H,8,9,10)/t13-,14+,15-,18?;/m0./s1. The van der Waals surface area contributed by atoms with Gasteiger partial charge in [-0.25, -0.2) is 4.79 Å². The number of benzene rings is 1. The van der Waals surface area contributed by atoms with Gasteiger partial charge in [-0.05, 0) is 63.5 Å². The predicted molar refractivity (Wildman–Crippen MR) is 135 cm³/mol. The lowest BCUT2D eigenvalue weighted by Gasteiger charge is -2.30. The zero-order chi connectivity index (χ0) is 26.7. The van der Waals surface area contributed by atoms with Gasteiger partial charge in [-0.2, -0.15) is 13.7 Å². The Labute approximate surface area is 214 Å². The largest absolute Gasteiger partial charge is 0.331 e. The summed E-state index contributed by atoms with van der Waals surface area (Å²) in [5.74, 6) is 1.05. The van der Waals surface area contributed by atoms with Crippen LogP contribution < -0.4 is 5.32 Å². The molecule has 198 valence electrons. The number of urea groups is 1. The Hall–Kier alpha value is -2.68. The van der Waals surface area contributed by atoms with Crippen molar-refractivity contribution in [2.45, 2.75) is 56.0 Å². The van der Waals surface area contributed by atoms with Crippen LogP contribution in [0.4, 0.5) is 4.79 Å². The average molecular weight is 520 g/mol. The van der Waals surface area contributed by atoms with Crippen molar-refractivity contribution in [3.63, 3.8) is 0 Å². The molecule has 2 saturated heterocycles. The molecule has 3 aliphatic rings. The van der Waals surface area contributed by atoms with E-state index in [1.165, 1.54) is 12.1 Å².